The van der Waals surface area contributed by atoms with Crippen molar-refractivity contribution in [3.05, 3.63) is 76.8 Å². The number of methoxy groups -OCH3 is 1. The second kappa shape index (κ2) is 9.26. The normalized spacial score (nSPS) is 11.2. The van der Waals surface area contributed by atoms with E-state index in [1.54, 1.807) is 42.5 Å². The number of aryl methyl sites for hydroxylation is 1. The first-order valence-electron chi connectivity index (χ1n) is 9.66. The number of aromatic nitrogens is 1. The summed E-state index contributed by atoms with van der Waals surface area (Å²) in [7, 11) is -2.24. The van der Waals surface area contributed by atoms with Gasteiger partial charge in [0.1, 0.15) is 11.3 Å². The summed E-state index contributed by atoms with van der Waals surface area (Å²) in [5.41, 5.74) is 7.38. The number of hydrogen-bond donors (Lipinski definition) is 3. The van der Waals surface area contributed by atoms with Gasteiger partial charge in [0, 0.05) is 11.3 Å². The van der Waals surface area contributed by atoms with Crippen LogP contribution in [0.5, 0.6) is 5.75 Å². The van der Waals surface area contributed by atoms with Crippen molar-refractivity contribution in [2.24, 2.45) is 0 Å². The molecular weight excluding hydrogens is 484 g/mol. The average molecular weight is 503 g/mol. The van der Waals surface area contributed by atoms with Gasteiger partial charge >= 0.3 is 0 Å². The first-order valence-corrected chi connectivity index (χ1v) is 12.3. The molecule has 0 saturated carbocycles. The van der Waals surface area contributed by atoms with Crippen LogP contribution in [0.3, 0.4) is 0 Å². The van der Waals surface area contributed by atoms with E-state index in [2.05, 4.69) is 20.6 Å². The fourth-order valence-electron chi connectivity index (χ4n) is 3.01. The summed E-state index contributed by atoms with van der Waals surface area (Å²) in [6, 6.07) is 16.1. The fourth-order valence-corrected chi connectivity index (χ4v) is 5.17. The van der Waals surface area contributed by atoms with Crippen LogP contribution in [0.1, 0.15) is 15.9 Å². The van der Waals surface area contributed by atoms with Crippen LogP contribution >= 0.6 is 22.9 Å². The third-order valence-electron chi connectivity index (χ3n) is 4.67. The van der Waals surface area contributed by atoms with Crippen molar-refractivity contribution in [2.45, 2.75) is 11.8 Å². The maximum Gasteiger partial charge on any atom is 0.269 e. The van der Waals surface area contributed by atoms with E-state index < -0.39 is 15.9 Å². The summed E-state index contributed by atoms with van der Waals surface area (Å²) in [5, 5.41) is 0.942. The summed E-state index contributed by atoms with van der Waals surface area (Å²) in [6.07, 6.45) is 0. The molecule has 1 aromatic heterocycles. The molecule has 0 radical (unpaired) electrons. The lowest BCUT2D eigenvalue weighted by atomic mass is 10.2. The Hall–Kier alpha value is -3.34. The molecule has 11 heteroatoms. The first-order chi connectivity index (χ1) is 15.8. The number of hydrazine groups is 1. The van der Waals surface area contributed by atoms with Gasteiger partial charge in [-0.05, 0) is 49.4 Å². The molecule has 0 aliphatic heterocycles. The molecule has 8 nitrogen and oxygen atoms in total. The predicted octanol–water partition coefficient (Wildman–Crippen LogP) is 4.82. The van der Waals surface area contributed by atoms with Gasteiger partial charge in [-0.15, -0.1) is 0 Å². The zero-order valence-electron chi connectivity index (χ0n) is 17.5. The number of halogens is 1. The van der Waals surface area contributed by atoms with E-state index in [0.29, 0.717) is 21.4 Å². The Labute approximate surface area is 199 Å². The van der Waals surface area contributed by atoms with E-state index in [9.17, 15) is 13.2 Å². The lowest BCUT2D eigenvalue weighted by Crippen LogP contribution is -2.29. The number of carbonyl (C=O) groups is 1. The molecule has 0 aliphatic carbocycles. The van der Waals surface area contributed by atoms with Gasteiger partial charge in [-0.2, -0.15) is 0 Å². The highest BCUT2D eigenvalue weighted by atomic mass is 35.5. The molecule has 0 atom stereocenters. The average Bonchev–Trinajstić information content (AvgIpc) is 3.23. The van der Waals surface area contributed by atoms with Gasteiger partial charge < -0.3 is 4.74 Å². The number of nitrogens with zero attached hydrogens (tertiary/aromatic N) is 1. The third-order valence-corrected chi connectivity index (χ3v) is 7.50. The quantitative estimate of drug-likeness (QED) is 0.312. The van der Waals surface area contributed by atoms with Crippen molar-refractivity contribution < 1.29 is 17.9 Å². The van der Waals surface area contributed by atoms with Gasteiger partial charge in [0.05, 0.1) is 21.7 Å². The van der Waals surface area contributed by atoms with Crippen LogP contribution in [0.15, 0.2) is 65.6 Å². The number of amides is 1. The van der Waals surface area contributed by atoms with E-state index in [1.165, 1.54) is 36.6 Å². The molecule has 3 N–H and O–H groups in total. The lowest BCUT2D eigenvalue weighted by Gasteiger charge is -2.10. The van der Waals surface area contributed by atoms with Gasteiger partial charge in [0.15, 0.2) is 0 Å². The molecule has 4 aromatic rings. The number of anilines is 2. The van der Waals surface area contributed by atoms with Crippen LogP contribution in [-0.4, -0.2) is 26.4 Å². The minimum absolute atomic E-state index is 0.134. The van der Waals surface area contributed by atoms with Crippen LogP contribution in [-0.2, 0) is 10.0 Å². The largest absolute Gasteiger partial charge is 0.494 e. The Balaban J connectivity index is 1.47. The van der Waals surface area contributed by atoms with Crippen LogP contribution < -0.4 is 20.3 Å². The molecular formula is C22H19ClN4O4S2. The summed E-state index contributed by atoms with van der Waals surface area (Å²) >= 11 is 7.48. The van der Waals surface area contributed by atoms with Crippen LogP contribution in [0.25, 0.3) is 10.2 Å². The molecule has 0 fully saturated rings. The third kappa shape index (κ3) is 5.03. The molecule has 33 heavy (non-hydrogen) atoms. The van der Waals surface area contributed by atoms with Crippen molar-refractivity contribution in [1.29, 1.82) is 0 Å². The molecule has 4 rings (SSSR count). The highest BCUT2D eigenvalue weighted by Crippen LogP contribution is 2.37. The SMILES string of the molecule is COc1ccc(Cl)c2sc(NNC(=O)c3cccc(NS(=O)(=O)c4ccc(C)cc4)c3)nc12. The number of ether oxygens (including phenoxy) is 1. The minimum atomic E-state index is -3.78. The second-order valence-electron chi connectivity index (χ2n) is 7.02. The Morgan fingerprint density at radius 3 is 2.58 bits per heavy atom. The van der Waals surface area contributed by atoms with E-state index in [1.807, 2.05) is 6.92 Å². The van der Waals surface area contributed by atoms with E-state index in [0.717, 1.165) is 10.3 Å². The Kier molecular flexibility index (Phi) is 6.41. The molecule has 0 saturated heterocycles. The molecule has 0 bridgehead atoms. The highest BCUT2D eigenvalue weighted by Gasteiger charge is 2.16. The van der Waals surface area contributed by atoms with Gasteiger partial charge in [-0.25, -0.2) is 13.4 Å². The first kappa shape index (κ1) is 22.8. The lowest BCUT2D eigenvalue weighted by molar-refractivity contribution is 0.0962. The fraction of sp³-hybridized carbons (Fsp3) is 0.0909. The predicted molar refractivity (Wildman–Crippen MR) is 131 cm³/mol. The maximum atomic E-state index is 12.6. The van der Waals surface area contributed by atoms with Crippen molar-refractivity contribution in [3.63, 3.8) is 0 Å². The van der Waals surface area contributed by atoms with Crippen LogP contribution in [0.4, 0.5) is 10.8 Å². The Morgan fingerprint density at radius 1 is 1.09 bits per heavy atom. The zero-order chi connectivity index (χ0) is 23.6. The molecule has 1 heterocycles. The van der Waals surface area contributed by atoms with Crippen LogP contribution in [0, 0.1) is 6.92 Å². The number of carbonyl (C=O) groups excluding carboxylic acids is 1. The van der Waals surface area contributed by atoms with Crippen molar-refractivity contribution >= 4 is 59.9 Å². The maximum absolute atomic E-state index is 12.6. The standard InChI is InChI=1S/C22H19ClN4O4S2/c1-13-6-8-16(9-7-13)33(29,30)27-15-5-3-4-14(12-15)21(28)25-26-22-24-19-18(31-2)11-10-17(23)20(19)32-22/h3-12,27H,1-2H3,(H,24,26)(H,25,28). The van der Waals surface area contributed by atoms with E-state index in [-0.39, 0.29) is 16.1 Å². The van der Waals surface area contributed by atoms with E-state index in [4.69, 9.17) is 16.3 Å². The topological polar surface area (TPSA) is 109 Å². The number of rotatable bonds is 7. The summed E-state index contributed by atoms with van der Waals surface area (Å²) in [4.78, 5) is 17.2. The summed E-state index contributed by atoms with van der Waals surface area (Å²) < 4.78 is 33.7. The van der Waals surface area contributed by atoms with Gasteiger partial charge in [0.2, 0.25) is 5.13 Å². The zero-order valence-corrected chi connectivity index (χ0v) is 19.9. The molecule has 0 unspecified atom stereocenters. The van der Waals surface area contributed by atoms with Crippen LogP contribution in [0.2, 0.25) is 5.02 Å². The smallest absolute Gasteiger partial charge is 0.269 e. The number of hydrogen-bond acceptors (Lipinski definition) is 7. The number of sulfonamides is 1. The number of thiazole rings is 1. The number of nitrogens with one attached hydrogen (secondary N) is 3. The highest BCUT2D eigenvalue weighted by molar-refractivity contribution is 7.92. The molecule has 0 aliphatic rings. The Morgan fingerprint density at radius 2 is 1.85 bits per heavy atom. The van der Waals surface area contributed by atoms with Gasteiger partial charge in [0.25, 0.3) is 15.9 Å². The van der Waals surface area contributed by atoms with Crippen molar-refractivity contribution in [2.75, 3.05) is 17.3 Å². The summed E-state index contributed by atoms with van der Waals surface area (Å²) in [6.45, 7) is 1.87. The molecule has 0 spiro atoms. The number of benzene rings is 3. The van der Waals surface area contributed by atoms with Crippen molar-refractivity contribution in [1.82, 2.24) is 10.4 Å². The van der Waals surface area contributed by atoms with Gasteiger partial charge in [-0.1, -0.05) is 46.7 Å². The Bertz CT molecular complexity index is 1440. The van der Waals surface area contributed by atoms with Gasteiger partial charge in [-0.3, -0.25) is 20.4 Å². The minimum Gasteiger partial charge on any atom is -0.494 e. The number of fused-ring (bicyclic) bond motifs is 1. The monoisotopic (exact) mass is 502 g/mol. The second-order valence-corrected chi connectivity index (χ2v) is 10.1. The van der Waals surface area contributed by atoms with E-state index >= 15 is 0 Å². The molecule has 170 valence electrons. The molecule has 3 aromatic carbocycles. The molecule has 1 amide bonds. The summed E-state index contributed by atoms with van der Waals surface area (Å²) in [5.74, 6) is 0.0993. The van der Waals surface area contributed by atoms with Crippen molar-refractivity contribution in [3.8, 4) is 5.75 Å².